The Labute approximate surface area is 246 Å². The van der Waals surface area contributed by atoms with Gasteiger partial charge in [0.15, 0.2) is 11.3 Å². The van der Waals surface area contributed by atoms with Crippen molar-refractivity contribution < 1.29 is 28.2 Å². The van der Waals surface area contributed by atoms with Gasteiger partial charge in [0.25, 0.3) is 0 Å². The molecule has 220 valence electrons. The Morgan fingerprint density at radius 1 is 1.07 bits per heavy atom. The molecule has 0 amide bonds. The second kappa shape index (κ2) is 11.4. The number of aromatic carboxylic acids is 1. The van der Waals surface area contributed by atoms with E-state index in [1.165, 1.54) is 18.3 Å². The molecule has 3 heterocycles. The number of nitrogens with zero attached hydrogens (tertiary/aromatic N) is 5. The predicted octanol–water partition coefficient (Wildman–Crippen LogP) is 5.96. The van der Waals surface area contributed by atoms with Crippen LogP contribution in [0.15, 0.2) is 60.8 Å². The third kappa shape index (κ3) is 5.88. The van der Waals surface area contributed by atoms with E-state index in [0.717, 1.165) is 24.0 Å². The molecule has 0 bridgehead atoms. The number of hydrogen-bond acceptors (Lipinski definition) is 7. The van der Waals surface area contributed by atoms with Gasteiger partial charge in [-0.1, -0.05) is 18.2 Å². The van der Waals surface area contributed by atoms with E-state index >= 15 is 4.39 Å². The lowest BCUT2D eigenvalue weighted by atomic mass is 10.1. The minimum absolute atomic E-state index is 0.104. The molecule has 3 aromatic heterocycles. The highest BCUT2D eigenvalue weighted by molar-refractivity contribution is 5.88. The average molecular weight is 586 g/mol. The summed E-state index contributed by atoms with van der Waals surface area (Å²) in [4.78, 5) is 29.0. The number of carboxylic acid groups (broad SMARTS) is 1. The number of alkyl halides is 1. The molecule has 5 aromatic rings. The lowest BCUT2D eigenvalue weighted by Crippen LogP contribution is -2.17. The molecule has 11 heteroatoms. The van der Waals surface area contributed by atoms with Crippen molar-refractivity contribution >= 4 is 17.1 Å². The van der Waals surface area contributed by atoms with Crippen LogP contribution in [0, 0.1) is 18.2 Å². The number of methoxy groups -OCH3 is 1. The average Bonchev–Trinajstić information content (AvgIpc) is 3.71. The highest BCUT2D eigenvalue weighted by atomic mass is 19.1. The Kier molecular flexibility index (Phi) is 7.47. The van der Waals surface area contributed by atoms with Crippen LogP contribution in [0.4, 0.5) is 8.78 Å². The Morgan fingerprint density at radius 2 is 1.91 bits per heavy atom. The largest absolute Gasteiger partial charge is 0.496 e. The number of halogens is 2. The summed E-state index contributed by atoms with van der Waals surface area (Å²) < 4.78 is 42.3. The summed E-state index contributed by atoms with van der Waals surface area (Å²) in [6.45, 7) is 1.99. The standard InChI is InChI=1S/C32H29F2N5O4/c1-19-3-5-21(27(13-19)42-2)16-43-31-35-12-9-24(38-31)22-6-4-20(14-23(22)34)15-28-36-25-7-8-26(30(40)41)37-29(25)39(28)18-32(17-33)10-11-32/h3-9,12-14H,10-11,15-18H2,1-2H3,(H,40,41). The molecule has 0 saturated heterocycles. The number of ether oxygens (including phenoxy) is 2. The highest BCUT2D eigenvalue weighted by Crippen LogP contribution is 2.48. The molecule has 0 unspecified atom stereocenters. The summed E-state index contributed by atoms with van der Waals surface area (Å²) in [5, 5.41) is 9.43. The van der Waals surface area contributed by atoms with Gasteiger partial charge >= 0.3 is 12.0 Å². The summed E-state index contributed by atoms with van der Waals surface area (Å²) in [5.74, 6) is -0.394. The molecule has 1 saturated carbocycles. The normalized spacial score (nSPS) is 13.7. The Morgan fingerprint density at radius 3 is 2.63 bits per heavy atom. The van der Waals surface area contributed by atoms with Crippen molar-refractivity contribution in [2.75, 3.05) is 13.8 Å². The van der Waals surface area contributed by atoms with Crippen molar-refractivity contribution in [3.05, 3.63) is 94.8 Å². The van der Waals surface area contributed by atoms with Crippen LogP contribution in [-0.4, -0.2) is 49.4 Å². The lowest BCUT2D eigenvalue weighted by Gasteiger charge is -2.15. The van der Waals surface area contributed by atoms with Crippen molar-refractivity contribution in [2.45, 2.75) is 39.3 Å². The first-order valence-electron chi connectivity index (χ1n) is 13.8. The zero-order valence-corrected chi connectivity index (χ0v) is 23.7. The lowest BCUT2D eigenvalue weighted by molar-refractivity contribution is 0.0690. The van der Waals surface area contributed by atoms with Crippen LogP contribution in [0.2, 0.25) is 0 Å². The molecular weight excluding hydrogens is 556 g/mol. The van der Waals surface area contributed by atoms with Crippen molar-refractivity contribution in [1.82, 2.24) is 24.5 Å². The number of hydrogen-bond donors (Lipinski definition) is 1. The van der Waals surface area contributed by atoms with Gasteiger partial charge in [0.2, 0.25) is 0 Å². The summed E-state index contributed by atoms with van der Waals surface area (Å²) in [7, 11) is 1.59. The van der Waals surface area contributed by atoms with Gasteiger partial charge in [0, 0.05) is 35.7 Å². The SMILES string of the molecule is COc1cc(C)ccc1COc1nccc(-c2ccc(Cc3nc4ccc(C(=O)O)nc4n3CC3(CF)CC3)cc2F)n1. The van der Waals surface area contributed by atoms with Gasteiger partial charge in [-0.25, -0.2) is 24.1 Å². The fraction of sp³-hybridized carbons (Fsp3) is 0.281. The molecule has 9 nitrogen and oxygen atoms in total. The highest BCUT2D eigenvalue weighted by Gasteiger charge is 2.44. The van der Waals surface area contributed by atoms with Crippen LogP contribution in [0.3, 0.4) is 0 Å². The number of aryl methyl sites for hydroxylation is 1. The molecule has 2 aromatic carbocycles. The Hall–Kier alpha value is -4.93. The number of benzene rings is 2. The van der Waals surface area contributed by atoms with E-state index in [-0.39, 0.29) is 30.3 Å². The number of rotatable bonds is 11. The van der Waals surface area contributed by atoms with Crippen LogP contribution in [0.5, 0.6) is 11.8 Å². The van der Waals surface area contributed by atoms with Gasteiger partial charge in [-0.05, 0) is 67.3 Å². The van der Waals surface area contributed by atoms with E-state index < -0.39 is 23.9 Å². The molecule has 1 N–H and O–H groups in total. The van der Waals surface area contributed by atoms with Gasteiger partial charge in [-0.2, -0.15) is 4.98 Å². The fourth-order valence-corrected chi connectivity index (χ4v) is 5.05. The van der Waals surface area contributed by atoms with Crippen molar-refractivity contribution in [3.8, 4) is 23.0 Å². The molecule has 0 spiro atoms. The quantitative estimate of drug-likeness (QED) is 0.202. The van der Waals surface area contributed by atoms with Gasteiger partial charge in [0.1, 0.15) is 29.5 Å². The molecule has 0 atom stereocenters. The number of carboxylic acids is 1. The summed E-state index contributed by atoms with van der Waals surface area (Å²) >= 11 is 0. The van der Waals surface area contributed by atoms with Crippen LogP contribution in [-0.2, 0) is 19.6 Å². The van der Waals surface area contributed by atoms with Crippen molar-refractivity contribution in [2.24, 2.45) is 5.41 Å². The zero-order chi connectivity index (χ0) is 30.1. The van der Waals surface area contributed by atoms with E-state index in [1.807, 2.05) is 25.1 Å². The van der Waals surface area contributed by atoms with Crippen LogP contribution in [0.1, 0.15) is 45.8 Å². The molecule has 0 radical (unpaired) electrons. The number of imidazole rings is 1. The number of pyridine rings is 1. The van der Waals surface area contributed by atoms with Gasteiger partial charge in [-0.15, -0.1) is 0 Å². The van der Waals surface area contributed by atoms with Crippen molar-refractivity contribution in [3.63, 3.8) is 0 Å². The maximum atomic E-state index is 15.5. The molecule has 1 aliphatic rings. The van der Waals surface area contributed by atoms with Gasteiger partial charge < -0.3 is 19.1 Å². The van der Waals surface area contributed by atoms with Crippen LogP contribution >= 0.6 is 0 Å². The number of aromatic nitrogens is 5. The minimum Gasteiger partial charge on any atom is -0.496 e. The molecule has 1 fully saturated rings. The van der Waals surface area contributed by atoms with E-state index in [9.17, 15) is 14.3 Å². The fourth-order valence-electron chi connectivity index (χ4n) is 5.05. The maximum absolute atomic E-state index is 15.5. The third-order valence-electron chi connectivity index (χ3n) is 7.73. The van der Waals surface area contributed by atoms with E-state index in [0.29, 0.717) is 40.5 Å². The second-order valence-corrected chi connectivity index (χ2v) is 10.9. The first-order valence-corrected chi connectivity index (χ1v) is 13.8. The second-order valence-electron chi connectivity index (χ2n) is 10.9. The minimum atomic E-state index is -1.16. The summed E-state index contributed by atoms with van der Waals surface area (Å²) in [5.41, 5.74) is 3.43. The first-order chi connectivity index (χ1) is 20.8. The molecule has 43 heavy (non-hydrogen) atoms. The summed E-state index contributed by atoms with van der Waals surface area (Å²) in [6.07, 6.45) is 3.22. The molecule has 0 aliphatic heterocycles. The van der Waals surface area contributed by atoms with Crippen LogP contribution < -0.4 is 9.47 Å². The Bertz CT molecular complexity index is 1840. The van der Waals surface area contributed by atoms with Gasteiger partial charge in [-0.3, -0.25) is 4.39 Å². The summed E-state index contributed by atoms with van der Waals surface area (Å²) in [6, 6.07) is 15.3. The van der Waals surface area contributed by atoms with E-state index in [4.69, 9.17) is 9.47 Å². The molecular formula is C32H29F2N5O4. The smallest absolute Gasteiger partial charge is 0.354 e. The monoisotopic (exact) mass is 585 g/mol. The van der Waals surface area contributed by atoms with E-state index in [1.54, 1.807) is 35.9 Å². The number of fused-ring (bicyclic) bond motifs is 1. The zero-order valence-electron chi connectivity index (χ0n) is 23.7. The topological polar surface area (TPSA) is 112 Å². The van der Waals surface area contributed by atoms with Crippen molar-refractivity contribution in [1.29, 1.82) is 0 Å². The van der Waals surface area contributed by atoms with Crippen LogP contribution in [0.25, 0.3) is 22.4 Å². The molecule has 1 aliphatic carbocycles. The maximum Gasteiger partial charge on any atom is 0.354 e. The predicted molar refractivity (Wildman–Crippen MR) is 154 cm³/mol. The Balaban J connectivity index is 1.24. The van der Waals surface area contributed by atoms with Gasteiger partial charge in [0.05, 0.1) is 19.5 Å². The first kappa shape index (κ1) is 28.2. The number of carbonyl (C=O) groups is 1. The molecule has 6 rings (SSSR count). The third-order valence-corrected chi connectivity index (χ3v) is 7.73. The van der Waals surface area contributed by atoms with E-state index in [2.05, 4.69) is 19.9 Å².